The molecule has 0 aliphatic heterocycles. The first-order chi connectivity index (χ1) is 12.6. The molecule has 26 heavy (non-hydrogen) atoms. The van der Waals surface area contributed by atoms with Crippen molar-refractivity contribution in [1.29, 1.82) is 0 Å². The zero-order valence-corrected chi connectivity index (χ0v) is 16.6. The maximum atomic E-state index is 12.0. The quantitative estimate of drug-likeness (QED) is 0.461. The Labute approximate surface area is 157 Å². The smallest absolute Gasteiger partial charge is 0.223 e. The largest absolute Gasteiger partial charge is 0.356 e. The van der Waals surface area contributed by atoms with Gasteiger partial charge in [0.2, 0.25) is 5.91 Å². The number of hydrogen-bond acceptors (Lipinski definition) is 2. The first kappa shape index (κ1) is 20.2. The minimum Gasteiger partial charge on any atom is -0.356 e. The molecule has 0 fully saturated rings. The number of aryl methyl sites for hydroxylation is 1. The van der Waals surface area contributed by atoms with E-state index in [-0.39, 0.29) is 11.8 Å². The van der Waals surface area contributed by atoms with E-state index in [0.717, 1.165) is 68.5 Å². The summed E-state index contributed by atoms with van der Waals surface area (Å²) in [6.07, 6.45) is 6.00. The molecule has 0 unspecified atom stereocenters. The van der Waals surface area contributed by atoms with E-state index < -0.39 is 0 Å². The molecule has 0 radical (unpaired) electrons. The molecule has 0 spiro atoms. The van der Waals surface area contributed by atoms with E-state index in [2.05, 4.69) is 55.4 Å². The molecule has 142 valence electrons. The van der Waals surface area contributed by atoms with E-state index in [4.69, 9.17) is 4.98 Å². The fourth-order valence-corrected chi connectivity index (χ4v) is 3.36. The maximum Gasteiger partial charge on any atom is 0.223 e. The van der Waals surface area contributed by atoms with Gasteiger partial charge in [0.25, 0.3) is 0 Å². The summed E-state index contributed by atoms with van der Waals surface area (Å²) in [7, 11) is 0. The Hall–Kier alpha value is -2.10. The highest BCUT2D eigenvalue weighted by Gasteiger charge is 2.13. The molecule has 0 bridgehead atoms. The summed E-state index contributed by atoms with van der Waals surface area (Å²) >= 11 is 0. The Bertz CT molecular complexity index is 728. The summed E-state index contributed by atoms with van der Waals surface area (Å²) < 4.78 is 2.28. The summed E-state index contributed by atoms with van der Waals surface area (Å²) in [5.74, 6) is 1.51. The van der Waals surface area contributed by atoms with Crippen LogP contribution in [0, 0.1) is 5.92 Å². The van der Waals surface area contributed by atoms with Crippen molar-refractivity contribution in [3.63, 3.8) is 0 Å². The topological polar surface area (TPSA) is 46.9 Å². The van der Waals surface area contributed by atoms with Crippen molar-refractivity contribution in [2.75, 3.05) is 6.54 Å². The van der Waals surface area contributed by atoms with Crippen molar-refractivity contribution in [3.8, 4) is 0 Å². The Morgan fingerprint density at radius 3 is 2.62 bits per heavy atom. The molecule has 4 heteroatoms. The lowest BCUT2D eigenvalue weighted by molar-refractivity contribution is -0.125. The summed E-state index contributed by atoms with van der Waals surface area (Å²) in [5, 5.41) is 3.07. The second kappa shape index (κ2) is 10.1. The third kappa shape index (κ3) is 5.45. The molecule has 1 aromatic carbocycles. The molecule has 0 aliphatic carbocycles. The fraction of sp³-hybridized carbons (Fsp3) is 0.545. The van der Waals surface area contributed by atoms with E-state index >= 15 is 0 Å². The van der Waals surface area contributed by atoms with E-state index in [1.54, 1.807) is 0 Å². The Balaban J connectivity index is 1.82. The van der Waals surface area contributed by atoms with Gasteiger partial charge in [-0.1, -0.05) is 44.6 Å². The van der Waals surface area contributed by atoms with Crippen molar-refractivity contribution < 1.29 is 4.79 Å². The van der Waals surface area contributed by atoms with Gasteiger partial charge in [-0.25, -0.2) is 4.98 Å². The Kier molecular flexibility index (Phi) is 7.89. The number of imidazole rings is 1. The number of para-hydroxylation sites is 2. The summed E-state index contributed by atoms with van der Waals surface area (Å²) in [5.41, 5.74) is 3.38. The first-order valence-electron chi connectivity index (χ1n) is 9.93. The van der Waals surface area contributed by atoms with Crippen molar-refractivity contribution in [3.05, 3.63) is 42.2 Å². The van der Waals surface area contributed by atoms with Crippen LogP contribution in [0.15, 0.2) is 36.4 Å². The van der Waals surface area contributed by atoms with Crippen LogP contribution in [0.5, 0.6) is 0 Å². The third-order valence-electron chi connectivity index (χ3n) is 4.89. The predicted molar refractivity (Wildman–Crippen MR) is 109 cm³/mol. The van der Waals surface area contributed by atoms with Crippen LogP contribution in [-0.2, 0) is 17.8 Å². The Morgan fingerprint density at radius 1 is 1.19 bits per heavy atom. The highest BCUT2D eigenvalue weighted by Crippen LogP contribution is 2.19. The molecule has 0 atom stereocenters. The molecule has 4 nitrogen and oxygen atoms in total. The lowest BCUT2D eigenvalue weighted by Gasteiger charge is -2.12. The van der Waals surface area contributed by atoms with Gasteiger partial charge in [0.15, 0.2) is 0 Å². The van der Waals surface area contributed by atoms with Crippen LogP contribution < -0.4 is 5.32 Å². The number of carbonyl (C=O) groups excluding carboxylic acids is 1. The monoisotopic (exact) mass is 355 g/mol. The van der Waals surface area contributed by atoms with Gasteiger partial charge >= 0.3 is 0 Å². The number of fused-ring (bicyclic) bond motifs is 1. The van der Waals surface area contributed by atoms with Crippen LogP contribution in [0.2, 0.25) is 0 Å². The fourth-order valence-electron chi connectivity index (χ4n) is 3.36. The minimum absolute atomic E-state index is 0.164. The number of benzene rings is 1. The van der Waals surface area contributed by atoms with Gasteiger partial charge in [-0.05, 0) is 44.7 Å². The summed E-state index contributed by atoms with van der Waals surface area (Å²) in [4.78, 5) is 16.8. The second-order valence-corrected chi connectivity index (χ2v) is 7.18. The number of hydrogen-bond donors (Lipinski definition) is 1. The number of unbranched alkanes of at least 4 members (excludes halogenated alkanes) is 2. The lowest BCUT2D eigenvalue weighted by atomic mass is 10.0. The summed E-state index contributed by atoms with van der Waals surface area (Å²) in [6.45, 7) is 11.9. The molecule has 0 aliphatic rings. The van der Waals surface area contributed by atoms with Crippen molar-refractivity contribution in [1.82, 2.24) is 14.9 Å². The summed E-state index contributed by atoms with van der Waals surface area (Å²) in [6, 6.07) is 8.29. The molecule has 1 aromatic heterocycles. The molecule has 1 N–H and O–H groups in total. The average molecular weight is 356 g/mol. The standard InChI is InChI=1S/C22H33N3O/c1-5-18(6-2)22(26)23-15-11-7-8-14-21-24-19-12-9-10-13-20(19)25(21)16-17(3)4/h9-10,12-13,18H,3,5-8,11,14-16H2,1-2,4H3,(H,23,26). The number of nitrogens with zero attached hydrogens (tertiary/aromatic N) is 2. The lowest BCUT2D eigenvalue weighted by Crippen LogP contribution is -2.30. The van der Waals surface area contributed by atoms with Crippen LogP contribution in [-0.4, -0.2) is 22.0 Å². The Morgan fingerprint density at radius 2 is 1.92 bits per heavy atom. The molecule has 1 amide bonds. The SMILES string of the molecule is C=C(C)Cn1c(CCCCCNC(=O)C(CC)CC)nc2ccccc21. The van der Waals surface area contributed by atoms with E-state index in [9.17, 15) is 4.79 Å². The van der Waals surface area contributed by atoms with Crippen molar-refractivity contribution in [2.45, 2.75) is 65.8 Å². The van der Waals surface area contributed by atoms with E-state index in [0.29, 0.717) is 0 Å². The van der Waals surface area contributed by atoms with Crippen molar-refractivity contribution >= 4 is 16.9 Å². The molecule has 0 saturated carbocycles. The van der Waals surface area contributed by atoms with Gasteiger partial charge in [0.05, 0.1) is 11.0 Å². The van der Waals surface area contributed by atoms with E-state index in [1.165, 1.54) is 5.52 Å². The van der Waals surface area contributed by atoms with Crippen LogP contribution in [0.25, 0.3) is 11.0 Å². The van der Waals surface area contributed by atoms with Gasteiger partial charge in [-0.3, -0.25) is 4.79 Å². The number of carbonyl (C=O) groups is 1. The van der Waals surface area contributed by atoms with Gasteiger partial charge in [-0.15, -0.1) is 0 Å². The van der Waals surface area contributed by atoms with Gasteiger partial charge in [-0.2, -0.15) is 0 Å². The van der Waals surface area contributed by atoms with Crippen LogP contribution in [0.4, 0.5) is 0 Å². The number of allylic oxidation sites excluding steroid dienone is 1. The zero-order valence-electron chi connectivity index (χ0n) is 16.6. The molecule has 1 heterocycles. The highest BCUT2D eigenvalue weighted by atomic mass is 16.1. The predicted octanol–water partition coefficient (Wildman–Crippen LogP) is 4.88. The number of aromatic nitrogens is 2. The molecular formula is C22H33N3O. The zero-order chi connectivity index (χ0) is 18.9. The minimum atomic E-state index is 0.164. The van der Waals surface area contributed by atoms with Gasteiger partial charge < -0.3 is 9.88 Å². The normalized spacial score (nSPS) is 11.2. The molecule has 0 saturated heterocycles. The third-order valence-corrected chi connectivity index (χ3v) is 4.89. The highest BCUT2D eigenvalue weighted by molar-refractivity contribution is 5.78. The van der Waals surface area contributed by atoms with Crippen LogP contribution in [0.3, 0.4) is 0 Å². The van der Waals surface area contributed by atoms with Crippen LogP contribution in [0.1, 0.15) is 58.7 Å². The average Bonchev–Trinajstić information content (AvgIpc) is 2.96. The molecule has 2 rings (SSSR count). The maximum absolute atomic E-state index is 12.0. The molecular weight excluding hydrogens is 322 g/mol. The number of amides is 1. The van der Waals surface area contributed by atoms with Gasteiger partial charge in [0, 0.05) is 25.4 Å². The number of rotatable bonds is 11. The molecule has 2 aromatic rings. The second-order valence-electron chi connectivity index (χ2n) is 7.18. The van der Waals surface area contributed by atoms with E-state index in [1.807, 2.05) is 6.07 Å². The first-order valence-corrected chi connectivity index (χ1v) is 9.93. The van der Waals surface area contributed by atoms with Gasteiger partial charge in [0.1, 0.15) is 5.82 Å². The number of nitrogens with one attached hydrogen (secondary N) is 1. The van der Waals surface area contributed by atoms with Crippen molar-refractivity contribution in [2.24, 2.45) is 5.92 Å². The van der Waals surface area contributed by atoms with Crippen LogP contribution >= 0.6 is 0 Å².